The van der Waals surface area contributed by atoms with Gasteiger partial charge in [0.25, 0.3) is 0 Å². The number of halogens is 1. The third-order valence-corrected chi connectivity index (χ3v) is 3.57. The van der Waals surface area contributed by atoms with Crippen molar-refractivity contribution in [3.05, 3.63) is 21.9 Å². The summed E-state index contributed by atoms with van der Waals surface area (Å²) in [6, 6.07) is 4.90. The highest BCUT2D eigenvalue weighted by molar-refractivity contribution is 14.1. The van der Waals surface area contributed by atoms with Crippen LogP contribution in [0.2, 0.25) is 0 Å². The number of rotatable bonds is 2. The Kier molecular flexibility index (Phi) is 6.58. The van der Waals surface area contributed by atoms with Crippen LogP contribution in [-0.4, -0.2) is 49.4 Å². The molecule has 1 unspecified atom stereocenters. The van der Waals surface area contributed by atoms with E-state index in [-0.39, 0.29) is 0 Å². The van der Waals surface area contributed by atoms with Crippen molar-refractivity contribution in [3.8, 4) is 0 Å². The Morgan fingerprint density at radius 3 is 2.59 bits per heavy atom. The molecule has 1 saturated heterocycles. The van der Waals surface area contributed by atoms with Crippen molar-refractivity contribution in [1.29, 1.82) is 0 Å². The molecule has 0 amide bonds. The maximum atomic E-state index is 4.45. The molecule has 1 atom stereocenters. The molecule has 0 radical (unpaired) electrons. The zero-order chi connectivity index (χ0) is 12.8. The number of hydrogen-bond acceptors (Lipinski definition) is 4. The Labute approximate surface area is 123 Å². The Balaban J connectivity index is 0.000000686. The van der Waals surface area contributed by atoms with Crippen LogP contribution in [0.1, 0.15) is 6.42 Å². The number of anilines is 1. The number of aromatic nitrogens is 1. The van der Waals surface area contributed by atoms with E-state index in [1.807, 2.05) is 6.20 Å². The van der Waals surface area contributed by atoms with Crippen molar-refractivity contribution in [2.24, 2.45) is 0 Å². The molecule has 1 aromatic rings. The summed E-state index contributed by atoms with van der Waals surface area (Å²) in [5.74, 6) is 1.11. The van der Waals surface area contributed by atoms with Crippen molar-refractivity contribution in [2.45, 2.75) is 12.5 Å². The largest absolute Gasteiger partial charge is 0.355 e. The Morgan fingerprint density at radius 1 is 1.41 bits per heavy atom. The van der Waals surface area contributed by atoms with Gasteiger partial charge >= 0.3 is 0 Å². The Morgan fingerprint density at radius 2 is 2.12 bits per heavy atom. The van der Waals surface area contributed by atoms with Gasteiger partial charge in [0.15, 0.2) is 0 Å². The second kappa shape index (κ2) is 7.43. The molecule has 0 bridgehead atoms. The van der Waals surface area contributed by atoms with Gasteiger partial charge in [0.2, 0.25) is 0 Å². The van der Waals surface area contributed by atoms with Gasteiger partial charge in [-0.2, -0.15) is 12.6 Å². The summed E-state index contributed by atoms with van der Waals surface area (Å²) in [6.45, 7) is 2.22. The van der Waals surface area contributed by atoms with E-state index in [0.717, 1.165) is 18.9 Å². The molecule has 2 rings (SSSR count). The number of pyridine rings is 1. The molecule has 1 aliphatic rings. The van der Waals surface area contributed by atoms with Gasteiger partial charge < -0.3 is 9.80 Å². The van der Waals surface area contributed by atoms with Crippen LogP contribution < -0.4 is 4.90 Å². The number of hydrogen-bond donors (Lipinski definition) is 1. The van der Waals surface area contributed by atoms with E-state index in [1.165, 1.54) is 9.99 Å². The van der Waals surface area contributed by atoms with Gasteiger partial charge in [0, 0.05) is 28.9 Å². The summed E-state index contributed by atoms with van der Waals surface area (Å²) < 4.78 is 1.19. The average Bonchev–Trinajstić information content (AvgIpc) is 2.82. The van der Waals surface area contributed by atoms with Gasteiger partial charge in [-0.05, 0) is 61.5 Å². The third kappa shape index (κ3) is 4.30. The lowest BCUT2D eigenvalue weighted by Gasteiger charge is -2.20. The van der Waals surface area contributed by atoms with Crippen molar-refractivity contribution >= 4 is 41.0 Å². The molecule has 2 heterocycles. The van der Waals surface area contributed by atoms with E-state index in [9.17, 15) is 0 Å². The second-order valence-corrected chi connectivity index (χ2v) is 5.43. The molecule has 0 N–H and O–H groups in total. The maximum absolute atomic E-state index is 4.45. The van der Waals surface area contributed by atoms with Gasteiger partial charge in [0.05, 0.1) is 0 Å². The zero-order valence-electron chi connectivity index (χ0n) is 10.6. The standard InChI is InChI=1S/C11H16IN3.CH4S/c1-14(2)10-5-6-15(8-10)11-4-3-9(12)7-13-11;1-2/h3-4,7,10H,5-6,8H2,1-2H3;2H,1H3. The van der Waals surface area contributed by atoms with Crippen LogP contribution in [0.4, 0.5) is 5.82 Å². The summed E-state index contributed by atoms with van der Waals surface area (Å²) in [6.07, 6.45) is 4.86. The summed E-state index contributed by atoms with van der Waals surface area (Å²) in [4.78, 5) is 9.11. The minimum absolute atomic E-state index is 0.672. The molecule has 17 heavy (non-hydrogen) atoms. The van der Waals surface area contributed by atoms with Crippen LogP contribution >= 0.6 is 35.2 Å². The lowest BCUT2D eigenvalue weighted by Crippen LogP contribution is -2.31. The molecule has 3 nitrogen and oxygen atoms in total. The minimum atomic E-state index is 0.672. The summed E-state index contributed by atoms with van der Waals surface area (Å²) in [5, 5.41) is 0. The predicted molar refractivity (Wildman–Crippen MR) is 86.2 cm³/mol. The molecule has 0 aromatic carbocycles. The lowest BCUT2D eigenvalue weighted by atomic mass is 10.2. The van der Waals surface area contributed by atoms with E-state index in [1.54, 1.807) is 6.26 Å². The Bertz CT molecular complexity index is 329. The van der Waals surface area contributed by atoms with Gasteiger partial charge in [-0.25, -0.2) is 4.98 Å². The molecular formula is C12H20IN3S. The second-order valence-electron chi connectivity index (χ2n) is 4.19. The van der Waals surface area contributed by atoms with Crippen LogP contribution in [0.5, 0.6) is 0 Å². The number of thiol groups is 1. The van der Waals surface area contributed by atoms with E-state index >= 15 is 0 Å². The van der Waals surface area contributed by atoms with Crippen LogP contribution in [0, 0.1) is 3.57 Å². The van der Waals surface area contributed by atoms with Crippen LogP contribution in [-0.2, 0) is 0 Å². The molecule has 96 valence electrons. The average molecular weight is 365 g/mol. The SMILES string of the molecule is CN(C)C1CCN(c2ccc(I)cn2)C1.CS. The van der Waals surface area contributed by atoms with Crippen molar-refractivity contribution in [2.75, 3.05) is 38.3 Å². The first-order valence-corrected chi connectivity index (χ1v) is 7.62. The van der Waals surface area contributed by atoms with Gasteiger partial charge in [-0.15, -0.1) is 0 Å². The summed E-state index contributed by atoms with van der Waals surface area (Å²) in [5.41, 5.74) is 0. The van der Waals surface area contributed by atoms with Gasteiger partial charge in [-0.3, -0.25) is 0 Å². The molecule has 1 aliphatic heterocycles. The fraction of sp³-hybridized carbons (Fsp3) is 0.583. The molecule has 0 saturated carbocycles. The molecule has 0 aliphatic carbocycles. The Hall–Kier alpha value is -0.0100. The van der Waals surface area contributed by atoms with Crippen molar-refractivity contribution in [1.82, 2.24) is 9.88 Å². The van der Waals surface area contributed by atoms with Gasteiger partial charge in [0.1, 0.15) is 5.82 Å². The smallest absolute Gasteiger partial charge is 0.128 e. The molecular weight excluding hydrogens is 345 g/mol. The summed E-state index contributed by atoms with van der Waals surface area (Å²) >= 11 is 5.81. The molecule has 0 spiro atoms. The van der Waals surface area contributed by atoms with Crippen molar-refractivity contribution in [3.63, 3.8) is 0 Å². The molecule has 1 aromatic heterocycles. The third-order valence-electron chi connectivity index (χ3n) is 2.93. The van der Waals surface area contributed by atoms with Crippen molar-refractivity contribution < 1.29 is 0 Å². The topological polar surface area (TPSA) is 19.4 Å². The fourth-order valence-electron chi connectivity index (χ4n) is 1.93. The van der Waals surface area contributed by atoms with Gasteiger partial charge in [-0.1, -0.05) is 0 Å². The van der Waals surface area contributed by atoms with Crippen LogP contribution in [0.15, 0.2) is 18.3 Å². The first-order chi connectivity index (χ1) is 8.16. The monoisotopic (exact) mass is 365 g/mol. The van der Waals surface area contributed by atoms with E-state index in [4.69, 9.17) is 0 Å². The number of likely N-dealkylation sites (N-methyl/N-ethyl adjacent to an activating group) is 1. The lowest BCUT2D eigenvalue weighted by molar-refractivity contribution is 0.315. The highest BCUT2D eigenvalue weighted by Gasteiger charge is 2.24. The highest BCUT2D eigenvalue weighted by Crippen LogP contribution is 2.20. The predicted octanol–water partition coefficient (Wildman–Crippen LogP) is 2.37. The summed E-state index contributed by atoms with van der Waals surface area (Å²) in [7, 11) is 4.30. The highest BCUT2D eigenvalue weighted by atomic mass is 127. The van der Waals surface area contributed by atoms with Crippen LogP contribution in [0.25, 0.3) is 0 Å². The minimum Gasteiger partial charge on any atom is -0.355 e. The van der Waals surface area contributed by atoms with Crippen LogP contribution in [0.3, 0.4) is 0 Å². The quantitative estimate of drug-likeness (QED) is 0.642. The molecule has 1 fully saturated rings. The number of nitrogens with zero attached hydrogens (tertiary/aromatic N) is 3. The fourth-order valence-corrected chi connectivity index (χ4v) is 2.25. The van der Waals surface area contributed by atoms with E-state index < -0.39 is 0 Å². The molecule has 5 heteroatoms. The van der Waals surface area contributed by atoms with E-state index in [2.05, 4.69) is 76.2 Å². The normalized spacial score (nSPS) is 19.2. The zero-order valence-corrected chi connectivity index (χ0v) is 13.6. The first-order valence-electron chi connectivity index (χ1n) is 5.64. The first kappa shape index (κ1) is 15.0. The van der Waals surface area contributed by atoms with E-state index in [0.29, 0.717) is 6.04 Å². The maximum Gasteiger partial charge on any atom is 0.128 e.